The minimum atomic E-state index is -1.08. The second kappa shape index (κ2) is 11.7. The number of carbonyl (C=O) groups is 2. The van der Waals surface area contributed by atoms with E-state index in [2.05, 4.69) is 6.92 Å². The van der Waals surface area contributed by atoms with Gasteiger partial charge in [0.1, 0.15) is 0 Å². The van der Waals surface area contributed by atoms with Gasteiger partial charge in [0.25, 0.3) is 0 Å². The highest BCUT2D eigenvalue weighted by Crippen LogP contribution is 2.15. The Morgan fingerprint density at radius 1 is 0.708 bits per heavy atom. The molecular weight excluding hydrogens is 304 g/mol. The molecule has 0 amide bonds. The Labute approximate surface area is 144 Å². The first kappa shape index (κ1) is 20.2. The fourth-order valence-corrected chi connectivity index (χ4v) is 2.90. The lowest BCUT2D eigenvalue weighted by Crippen LogP contribution is -2.04. The standard InChI is InChI=1S/C20H30O4/c1-2-3-4-5-6-7-8-9-10-11-12-16-13-17(19(21)22)15-18(14-16)20(23)24/h13-15H,2-12H2,1H3,(H,21,22)(H,23,24). The summed E-state index contributed by atoms with van der Waals surface area (Å²) >= 11 is 0. The zero-order valence-electron chi connectivity index (χ0n) is 14.7. The summed E-state index contributed by atoms with van der Waals surface area (Å²) in [5, 5.41) is 18.1. The third kappa shape index (κ3) is 8.14. The van der Waals surface area contributed by atoms with E-state index < -0.39 is 11.9 Å². The van der Waals surface area contributed by atoms with Crippen LogP contribution in [0.4, 0.5) is 0 Å². The van der Waals surface area contributed by atoms with Crippen molar-refractivity contribution in [3.05, 3.63) is 34.9 Å². The lowest BCUT2D eigenvalue weighted by atomic mass is 10.00. The van der Waals surface area contributed by atoms with Crippen LogP contribution in [0, 0.1) is 0 Å². The zero-order chi connectivity index (χ0) is 17.8. The van der Waals surface area contributed by atoms with Crippen LogP contribution >= 0.6 is 0 Å². The van der Waals surface area contributed by atoms with Crippen LogP contribution in [0.5, 0.6) is 0 Å². The molecule has 1 aromatic carbocycles. The number of unbranched alkanes of at least 4 members (excludes halogenated alkanes) is 9. The number of rotatable bonds is 13. The Balaban J connectivity index is 2.27. The Kier molecular flexibility index (Phi) is 9.81. The van der Waals surface area contributed by atoms with Crippen LogP contribution in [0.2, 0.25) is 0 Å². The fraction of sp³-hybridized carbons (Fsp3) is 0.600. The summed E-state index contributed by atoms with van der Waals surface area (Å²) in [4.78, 5) is 22.2. The Morgan fingerprint density at radius 2 is 1.12 bits per heavy atom. The maximum atomic E-state index is 11.1. The van der Waals surface area contributed by atoms with Crippen molar-refractivity contribution in [3.8, 4) is 0 Å². The molecule has 0 radical (unpaired) electrons. The van der Waals surface area contributed by atoms with Gasteiger partial charge >= 0.3 is 11.9 Å². The summed E-state index contributed by atoms with van der Waals surface area (Å²) < 4.78 is 0. The van der Waals surface area contributed by atoms with E-state index in [9.17, 15) is 9.59 Å². The van der Waals surface area contributed by atoms with Crippen LogP contribution in [0.1, 0.15) is 97.4 Å². The van der Waals surface area contributed by atoms with E-state index in [0.29, 0.717) is 0 Å². The molecule has 0 fully saturated rings. The molecule has 0 atom stereocenters. The first-order valence-electron chi connectivity index (χ1n) is 9.15. The largest absolute Gasteiger partial charge is 0.478 e. The number of aromatic carboxylic acids is 2. The van der Waals surface area contributed by atoms with Crippen LogP contribution in [0.3, 0.4) is 0 Å². The monoisotopic (exact) mass is 334 g/mol. The van der Waals surface area contributed by atoms with Crippen LogP contribution in [0.15, 0.2) is 18.2 Å². The van der Waals surface area contributed by atoms with E-state index in [-0.39, 0.29) is 11.1 Å². The lowest BCUT2D eigenvalue weighted by molar-refractivity contribution is 0.0696. The number of benzene rings is 1. The molecule has 0 aromatic heterocycles. The fourth-order valence-electron chi connectivity index (χ4n) is 2.90. The van der Waals surface area contributed by atoms with Gasteiger partial charge in [-0.1, -0.05) is 64.7 Å². The predicted molar refractivity (Wildman–Crippen MR) is 95.9 cm³/mol. The molecule has 0 spiro atoms. The Hall–Kier alpha value is -1.84. The normalized spacial score (nSPS) is 10.7. The van der Waals surface area contributed by atoms with Crippen molar-refractivity contribution in [2.75, 3.05) is 0 Å². The summed E-state index contributed by atoms with van der Waals surface area (Å²) in [5.74, 6) is -2.16. The minimum Gasteiger partial charge on any atom is -0.478 e. The van der Waals surface area contributed by atoms with Gasteiger partial charge in [0.15, 0.2) is 0 Å². The van der Waals surface area contributed by atoms with E-state index in [1.54, 1.807) is 12.1 Å². The molecular formula is C20H30O4. The molecule has 24 heavy (non-hydrogen) atoms. The number of hydrogen-bond acceptors (Lipinski definition) is 2. The molecule has 2 N–H and O–H groups in total. The van der Waals surface area contributed by atoms with Crippen LogP contribution in [-0.4, -0.2) is 22.2 Å². The van der Waals surface area contributed by atoms with Crippen LogP contribution in [0.25, 0.3) is 0 Å². The van der Waals surface area contributed by atoms with E-state index in [0.717, 1.165) is 24.8 Å². The van der Waals surface area contributed by atoms with Gasteiger partial charge in [0.2, 0.25) is 0 Å². The van der Waals surface area contributed by atoms with E-state index >= 15 is 0 Å². The average Bonchev–Trinajstić information content (AvgIpc) is 2.56. The van der Waals surface area contributed by atoms with Crippen molar-refractivity contribution in [1.29, 1.82) is 0 Å². The minimum absolute atomic E-state index is 0.0528. The van der Waals surface area contributed by atoms with Crippen molar-refractivity contribution < 1.29 is 19.8 Å². The predicted octanol–water partition coefficient (Wildman–Crippen LogP) is 5.55. The van der Waals surface area contributed by atoms with Gasteiger partial charge in [-0.15, -0.1) is 0 Å². The molecule has 0 bridgehead atoms. The second-order valence-corrected chi connectivity index (χ2v) is 6.46. The van der Waals surface area contributed by atoms with Gasteiger partial charge < -0.3 is 10.2 Å². The summed E-state index contributed by atoms with van der Waals surface area (Å²) in [6.45, 7) is 2.23. The number of carboxylic acids is 2. The molecule has 0 aliphatic heterocycles. The molecule has 134 valence electrons. The molecule has 0 saturated heterocycles. The highest BCUT2D eigenvalue weighted by molar-refractivity contribution is 5.94. The van der Waals surface area contributed by atoms with Gasteiger partial charge in [-0.25, -0.2) is 9.59 Å². The third-order valence-electron chi connectivity index (χ3n) is 4.31. The van der Waals surface area contributed by atoms with Crippen molar-refractivity contribution in [2.45, 2.75) is 77.6 Å². The highest BCUT2D eigenvalue weighted by atomic mass is 16.4. The smallest absolute Gasteiger partial charge is 0.335 e. The van der Waals surface area contributed by atoms with Crippen molar-refractivity contribution >= 4 is 11.9 Å². The molecule has 0 saturated carbocycles. The molecule has 1 rings (SSSR count). The maximum Gasteiger partial charge on any atom is 0.335 e. The summed E-state index contributed by atoms with van der Waals surface area (Å²) in [5.41, 5.74) is 0.904. The Morgan fingerprint density at radius 3 is 1.54 bits per heavy atom. The van der Waals surface area contributed by atoms with E-state index in [1.807, 2.05) is 0 Å². The van der Waals surface area contributed by atoms with E-state index in [4.69, 9.17) is 10.2 Å². The summed E-state index contributed by atoms with van der Waals surface area (Å²) in [7, 11) is 0. The van der Waals surface area contributed by atoms with Crippen molar-refractivity contribution in [2.24, 2.45) is 0 Å². The molecule has 4 heteroatoms. The second-order valence-electron chi connectivity index (χ2n) is 6.46. The van der Waals surface area contributed by atoms with Crippen LogP contribution in [-0.2, 0) is 6.42 Å². The molecule has 1 aromatic rings. The van der Waals surface area contributed by atoms with Crippen molar-refractivity contribution in [3.63, 3.8) is 0 Å². The molecule has 0 heterocycles. The topological polar surface area (TPSA) is 74.6 Å². The maximum absolute atomic E-state index is 11.1. The Bertz CT molecular complexity index is 490. The summed E-state index contributed by atoms with van der Waals surface area (Å²) in [6, 6.07) is 4.39. The molecule has 4 nitrogen and oxygen atoms in total. The van der Waals surface area contributed by atoms with Gasteiger partial charge in [-0.2, -0.15) is 0 Å². The SMILES string of the molecule is CCCCCCCCCCCCc1cc(C(=O)O)cc(C(=O)O)c1. The van der Waals surface area contributed by atoms with Gasteiger partial charge in [0, 0.05) is 0 Å². The average molecular weight is 334 g/mol. The van der Waals surface area contributed by atoms with Gasteiger partial charge in [-0.05, 0) is 36.6 Å². The van der Waals surface area contributed by atoms with Gasteiger partial charge in [-0.3, -0.25) is 0 Å². The highest BCUT2D eigenvalue weighted by Gasteiger charge is 2.11. The van der Waals surface area contributed by atoms with E-state index in [1.165, 1.54) is 57.4 Å². The quantitative estimate of drug-likeness (QED) is 0.464. The lowest BCUT2D eigenvalue weighted by Gasteiger charge is -2.06. The van der Waals surface area contributed by atoms with Crippen molar-refractivity contribution in [1.82, 2.24) is 0 Å². The third-order valence-corrected chi connectivity index (χ3v) is 4.31. The molecule has 0 aliphatic rings. The first-order chi connectivity index (χ1) is 11.5. The van der Waals surface area contributed by atoms with Gasteiger partial charge in [0.05, 0.1) is 11.1 Å². The first-order valence-corrected chi connectivity index (χ1v) is 9.15. The number of hydrogen-bond donors (Lipinski definition) is 2. The molecule has 0 unspecified atom stereocenters. The number of carboxylic acid groups (broad SMARTS) is 2. The van der Waals surface area contributed by atoms with Crippen LogP contribution < -0.4 is 0 Å². The zero-order valence-corrected chi connectivity index (χ0v) is 14.7. The molecule has 0 aliphatic carbocycles. The summed E-state index contributed by atoms with van der Waals surface area (Å²) in [6.07, 6.45) is 13.2. The number of aryl methyl sites for hydroxylation is 1.